The molecule has 3 amide bonds. The van der Waals surface area contributed by atoms with Crippen LogP contribution in [0.4, 0.5) is 0 Å². The molecular formula is C23H33N3O3. The zero-order valence-corrected chi connectivity index (χ0v) is 18.5. The molecule has 0 aromatic heterocycles. The van der Waals surface area contributed by atoms with Crippen LogP contribution >= 0.6 is 0 Å². The first-order chi connectivity index (χ1) is 13.5. The van der Waals surface area contributed by atoms with E-state index in [0.717, 1.165) is 12.8 Å². The van der Waals surface area contributed by atoms with Crippen molar-refractivity contribution in [1.82, 2.24) is 14.7 Å². The molecule has 2 aliphatic rings. The Bertz CT molecular complexity index is 777. The average molecular weight is 400 g/mol. The maximum atomic E-state index is 12.8. The third-order valence-electron chi connectivity index (χ3n) is 6.88. The summed E-state index contributed by atoms with van der Waals surface area (Å²) >= 11 is 0. The van der Waals surface area contributed by atoms with E-state index < -0.39 is 0 Å². The maximum Gasteiger partial charge on any atom is 0.261 e. The number of carbonyl (C=O) groups excluding carboxylic acids is 3. The summed E-state index contributed by atoms with van der Waals surface area (Å²) < 4.78 is 0. The van der Waals surface area contributed by atoms with Gasteiger partial charge in [-0.2, -0.15) is 0 Å². The number of fused-ring (bicyclic) bond motifs is 1. The van der Waals surface area contributed by atoms with Crippen LogP contribution in [0.2, 0.25) is 0 Å². The number of nitrogens with zero attached hydrogens (tertiary/aromatic N) is 3. The van der Waals surface area contributed by atoms with Gasteiger partial charge in [-0.3, -0.25) is 24.2 Å². The van der Waals surface area contributed by atoms with Crippen LogP contribution < -0.4 is 0 Å². The van der Waals surface area contributed by atoms with Crippen LogP contribution in [-0.4, -0.2) is 70.2 Å². The zero-order chi connectivity index (χ0) is 21.6. The van der Waals surface area contributed by atoms with Gasteiger partial charge in [-0.1, -0.05) is 12.1 Å². The minimum Gasteiger partial charge on any atom is -0.343 e. The molecule has 2 heterocycles. The molecule has 2 aliphatic heterocycles. The summed E-state index contributed by atoms with van der Waals surface area (Å²) in [6, 6.07) is 7.06. The summed E-state index contributed by atoms with van der Waals surface area (Å²) in [4.78, 5) is 43.2. The Labute approximate surface area is 173 Å². The van der Waals surface area contributed by atoms with E-state index in [4.69, 9.17) is 0 Å². The third-order valence-corrected chi connectivity index (χ3v) is 6.88. The van der Waals surface area contributed by atoms with Crippen molar-refractivity contribution in [3.63, 3.8) is 0 Å². The molecule has 1 aromatic carbocycles. The fourth-order valence-electron chi connectivity index (χ4n) is 4.80. The van der Waals surface area contributed by atoms with E-state index in [1.165, 1.54) is 4.90 Å². The van der Waals surface area contributed by atoms with Crippen molar-refractivity contribution < 1.29 is 14.4 Å². The highest BCUT2D eigenvalue weighted by atomic mass is 16.2. The van der Waals surface area contributed by atoms with Crippen LogP contribution in [0.1, 0.15) is 74.1 Å². The molecule has 158 valence electrons. The number of rotatable bonds is 5. The maximum absolute atomic E-state index is 12.8. The first-order valence-electron chi connectivity index (χ1n) is 10.4. The number of imide groups is 1. The predicted molar refractivity (Wildman–Crippen MR) is 113 cm³/mol. The molecule has 29 heavy (non-hydrogen) atoms. The van der Waals surface area contributed by atoms with Gasteiger partial charge in [0.2, 0.25) is 5.91 Å². The summed E-state index contributed by atoms with van der Waals surface area (Å²) in [5, 5.41) is 0. The Morgan fingerprint density at radius 3 is 2.00 bits per heavy atom. The van der Waals surface area contributed by atoms with Gasteiger partial charge in [0.15, 0.2) is 0 Å². The van der Waals surface area contributed by atoms with E-state index in [0.29, 0.717) is 24.0 Å². The van der Waals surface area contributed by atoms with Crippen molar-refractivity contribution in [1.29, 1.82) is 0 Å². The Balaban J connectivity index is 1.56. The Hall–Kier alpha value is -2.21. The van der Waals surface area contributed by atoms with Crippen LogP contribution in [0.25, 0.3) is 0 Å². The van der Waals surface area contributed by atoms with Gasteiger partial charge in [-0.15, -0.1) is 0 Å². The number of amides is 3. The van der Waals surface area contributed by atoms with Gasteiger partial charge in [-0.05, 0) is 66.1 Å². The molecule has 0 N–H and O–H groups in total. The van der Waals surface area contributed by atoms with Crippen LogP contribution in [0.3, 0.4) is 0 Å². The third kappa shape index (κ3) is 3.95. The minimum atomic E-state index is -0.259. The molecule has 0 radical (unpaired) electrons. The molecule has 6 nitrogen and oxygen atoms in total. The zero-order valence-electron chi connectivity index (χ0n) is 18.5. The molecule has 0 aliphatic carbocycles. The lowest BCUT2D eigenvalue weighted by molar-refractivity contribution is -0.136. The highest BCUT2D eigenvalue weighted by Gasteiger charge is 2.44. The highest BCUT2D eigenvalue weighted by Crippen LogP contribution is 2.38. The molecule has 0 spiro atoms. The van der Waals surface area contributed by atoms with Crippen molar-refractivity contribution in [3.05, 3.63) is 35.4 Å². The van der Waals surface area contributed by atoms with Crippen molar-refractivity contribution in [2.75, 3.05) is 20.6 Å². The second-order valence-corrected chi connectivity index (χ2v) is 9.66. The number of hydrogen-bond donors (Lipinski definition) is 0. The van der Waals surface area contributed by atoms with Gasteiger partial charge < -0.3 is 4.90 Å². The van der Waals surface area contributed by atoms with Crippen molar-refractivity contribution in [3.8, 4) is 0 Å². The van der Waals surface area contributed by atoms with E-state index in [1.807, 2.05) is 11.9 Å². The fraction of sp³-hybridized carbons (Fsp3) is 0.609. The molecule has 0 bridgehead atoms. The molecule has 0 saturated carbocycles. The first-order valence-corrected chi connectivity index (χ1v) is 10.4. The average Bonchev–Trinajstić information content (AvgIpc) is 2.90. The number of likely N-dealkylation sites (tertiary alicyclic amines) is 1. The van der Waals surface area contributed by atoms with Crippen molar-refractivity contribution in [2.24, 2.45) is 0 Å². The lowest BCUT2D eigenvalue weighted by Crippen LogP contribution is -2.62. The van der Waals surface area contributed by atoms with Crippen LogP contribution in [0.5, 0.6) is 0 Å². The van der Waals surface area contributed by atoms with E-state index in [1.54, 1.807) is 24.3 Å². The van der Waals surface area contributed by atoms with Crippen molar-refractivity contribution >= 4 is 17.7 Å². The van der Waals surface area contributed by atoms with Crippen LogP contribution in [-0.2, 0) is 4.79 Å². The number of hydrogen-bond acceptors (Lipinski definition) is 4. The standard InChI is InChI=1S/C23H33N3O3/c1-22(2)14-16(15-23(3,4)25(22)6)24(5)19(27)12-9-13-26-20(28)17-10-7-8-11-18(17)21(26)29/h7-8,10-11,16H,9,12-15H2,1-6H3. The highest BCUT2D eigenvalue weighted by molar-refractivity contribution is 6.21. The number of carbonyl (C=O) groups is 3. The lowest BCUT2D eigenvalue weighted by atomic mass is 9.77. The Morgan fingerprint density at radius 2 is 1.52 bits per heavy atom. The van der Waals surface area contributed by atoms with Gasteiger partial charge in [0.05, 0.1) is 11.1 Å². The van der Waals surface area contributed by atoms with Crippen LogP contribution in [0.15, 0.2) is 24.3 Å². The lowest BCUT2D eigenvalue weighted by Gasteiger charge is -2.55. The summed E-state index contributed by atoms with van der Waals surface area (Å²) in [6.45, 7) is 9.17. The summed E-state index contributed by atoms with van der Waals surface area (Å²) in [7, 11) is 4.03. The molecule has 0 unspecified atom stereocenters. The minimum absolute atomic E-state index is 0.0150. The van der Waals surface area contributed by atoms with Gasteiger partial charge in [0, 0.05) is 37.1 Å². The molecule has 6 heteroatoms. The fourth-order valence-corrected chi connectivity index (χ4v) is 4.80. The van der Waals surface area contributed by atoms with E-state index >= 15 is 0 Å². The van der Waals surface area contributed by atoms with Crippen LogP contribution in [0, 0.1) is 0 Å². The van der Waals surface area contributed by atoms with E-state index in [9.17, 15) is 14.4 Å². The topological polar surface area (TPSA) is 60.9 Å². The second kappa shape index (κ2) is 7.56. The number of piperidine rings is 1. The predicted octanol–water partition coefficient (Wildman–Crippen LogP) is 3.17. The summed E-state index contributed by atoms with van der Waals surface area (Å²) in [5.74, 6) is -0.446. The first kappa shape index (κ1) is 21.5. The van der Waals surface area contributed by atoms with Gasteiger partial charge in [-0.25, -0.2) is 0 Å². The van der Waals surface area contributed by atoms with E-state index in [2.05, 4.69) is 39.6 Å². The Kier molecular flexibility index (Phi) is 5.60. The SMILES string of the molecule is CN(C(=O)CCCN1C(=O)c2ccccc2C1=O)C1CC(C)(C)N(C)C(C)(C)C1. The van der Waals surface area contributed by atoms with Crippen molar-refractivity contribution in [2.45, 2.75) is 70.5 Å². The second-order valence-electron chi connectivity index (χ2n) is 9.66. The Morgan fingerprint density at radius 1 is 1.03 bits per heavy atom. The summed E-state index contributed by atoms with van der Waals surface area (Å²) in [6.07, 6.45) is 2.66. The molecule has 1 saturated heterocycles. The molecule has 1 fully saturated rings. The number of benzene rings is 1. The molecule has 1 aromatic rings. The summed E-state index contributed by atoms with van der Waals surface area (Å²) in [5.41, 5.74) is 0.941. The quantitative estimate of drug-likeness (QED) is 0.714. The van der Waals surface area contributed by atoms with Gasteiger partial charge in [0.1, 0.15) is 0 Å². The van der Waals surface area contributed by atoms with Gasteiger partial charge >= 0.3 is 0 Å². The largest absolute Gasteiger partial charge is 0.343 e. The molecule has 0 atom stereocenters. The monoisotopic (exact) mass is 399 g/mol. The van der Waals surface area contributed by atoms with E-state index in [-0.39, 0.29) is 41.4 Å². The van der Waals surface area contributed by atoms with Gasteiger partial charge in [0.25, 0.3) is 11.8 Å². The smallest absolute Gasteiger partial charge is 0.261 e. The molecular weight excluding hydrogens is 366 g/mol. The molecule has 3 rings (SSSR count). The normalized spacial score (nSPS) is 21.4.